The van der Waals surface area contributed by atoms with E-state index in [1.807, 2.05) is 44.2 Å². The first-order valence-corrected chi connectivity index (χ1v) is 12.5. The molecule has 186 valence electrons. The van der Waals surface area contributed by atoms with Crippen molar-refractivity contribution in [3.05, 3.63) is 98.9 Å². The molecule has 0 bridgehead atoms. The third-order valence-electron chi connectivity index (χ3n) is 7.19. The fraction of sp³-hybridized carbons (Fsp3) is 0.310. The molecule has 0 amide bonds. The second-order valence-corrected chi connectivity index (χ2v) is 10.1. The van der Waals surface area contributed by atoms with Crippen LogP contribution in [0.1, 0.15) is 54.1 Å². The number of carbonyl (C=O) groups is 1. The second-order valence-electron chi connectivity index (χ2n) is 9.70. The van der Waals surface area contributed by atoms with Gasteiger partial charge < -0.3 is 9.47 Å². The van der Waals surface area contributed by atoms with Gasteiger partial charge in [0.2, 0.25) is 0 Å². The van der Waals surface area contributed by atoms with Crippen LogP contribution in [0.5, 0.6) is 0 Å². The number of fused-ring (bicyclic) bond motifs is 1. The summed E-state index contributed by atoms with van der Waals surface area (Å²) in [5.41, 5.74) is 3.83. The van der Waals surface area contributed by atoms with E-state index in [0.29, 0.717) is 16.5 Å². The molecule has 1 aliphatic rings. The molecule has 0 unspecified atom stereocenters. The van der Waals surface area contributed by atoms with Crippen LogP contribution in [0.2, 0.25) is 5.02 Å². The van der Waals surface area contributed by atoms with E-state index in [1.165, 1.54) is 12.7 Å². The Hall–Kier alpha value is -3.35. The van der Waals surface area contributed by atoms with Gasteiger partial charge in [0.05, 0.1) is 34.9 Å². The summed E-state index contributed by atoms with van der Waals surface area (Å²) in [6, 6.07) is 20.9. The highest BCUT2D eigenvalue weighted by atomic mass is 35.5. The first-order valence-electron chi connectivity index (χ1n) is 12.1. The SMILES string of the molecule is COC(=O)c1cccc(C(C)(C)n2c(=O)n(-c3ccc(C4CCOCC4)cc3)c3cc(Cl)ccc32)c1. The minimum atomic E-state index is -0.763. The molecule has 4 aromatic rings. The third kappa shape index (κ3) is 4.25. The van der Waals surface area contributed by atoms with Gasteiger partial charge in [0.1, 0.15) is 0 Å². The van der Waals surface area contributed by atoms with E-state index in [2.05, 4.69) is 12.1 Å². The first kappa shape index (κ1) is 24.3. The molecule has 0 atom stereocenters. The number of hydrogen-bond donors (Lipinski definition) is 0. The van der Waals surface area contributed by atoms with Crippen molar-refractivity contribution in [3.63, 3.8) is 0 Å². The standard InChI is InChI=1S/C29H29ClN2O4/c1-29(2,22-6-4-5-21(17-22)27(33)35-3)32-25-12-9-23(30)18-26(25)31(28(32)34)24-10-7-19(8-11-24)20-13-15-36-16-14-20/h4-12,17-18,20H,13-16H2,1-3H3. The van der Waals surface area contributed by atoms with Crippen LogP contribution < -0.4 is 5.69 Å². The predicted molar refractivity (Wildman–Crippen MR) is 142 cm³/mol. The molecular weight excluding hydrogens is 476 g/mol. The van der Waals surface area contributed by atoms with E-state index in [4.69, 9.17) is 21.1 Å². The number of imidazole rings is 1. The highest BCUT2D eigenvalue weighted by Gasteiger charge is 2.30. The van der Waals surface area contributed by atoms with E-state index in [9.17, 15) is 9.59 Å². The lowest BCUT2D eigenvalue weighted by Gasteiger charge is -2.27. The summed E-state index contributed by atoms with van der Waals surface area (Å²) in [4.78, 5) is 26.2. The number of aromatic nitrogens is 2. The Morgan fingerprint density at radius 1 is 1.00 bits per heavy atom. The van der Waals surface area contributed by atoms with Gasteiger partial charge in [-0.1, -0.05) is 35.9 Å². The number of nitrogens with zero attached hydrogens (tertiary/aromatic N) is 2. The molecule has 3 aromatic carbocycles. The Morgan fingerprint density at radius 3 is 2.42 bits per heavy atom. The molecule has 7 heteroatoms. The molecule has 1 aliphatic heterocycles. The maximum Gasteiger partial charge on any atom is 0.337 e. The average Bonchev–Trinajstić information content (AvgIpc) is 3.20. The average molecular weight is 505 g/mol. The van der Waals surface area contributed by atoms with Crippen molar-refractivity contribution in [2.45, 2.75) is 38.1 Å². The first-order chi connectivity index (χ1) is 17.3. The minimum Gasteiger partial charge on any atom is -0.465 e. The van der Waals surface area contributed by atoms with E-state index in [-0.39, 0.29) is 5.69 Å². The molecule has 0 N–H and O–H groups in total. The normalized spacial score (nSPS) is 14.8. The molecule has 1 fully saturated rings. The summed E-state index contributed by atoms with van der Waals surface area (Å²) in [6.07, 6.45) is 2.01. The minimum absolute atomic E-state index is 0.181. The van der Waals surface area contributed by atoms with Crippen molar-refractivity contribution in [1.29, 1.82) is 0 Å². The monoisotopic (exact) mass is 504 g/mol. The van der Waals surface area contributed by atoms with Crippen LogP contribution in [-0.4, -0.2) is 35.4 Å². The largest absolute Gasteiger partial charge is 0.465 e. The summed E-state index contributed by atoms with van der Waals surface area (Å²) < 4.78 is 13.9. The second kappa shape index (κ2) is 9.60. The van der Waals surface area contributed by atoms with Crippen molar-refractivity contribution >= 4 is 28.6 Å². The molecule has 6 nitrogen and oxygen atoms in total. The lowest BCUT2D eigenvalue weighted by Crippen LogP contribution is -2.37. The molecule has 2 heterocycles. The Balaban J connectivity index is 1.65. The molecule has 0 saturated carbocycles. The predicted octanol–water partition coefficient (Wildman–Crippen LogP) is 5.91. The Bertz CT molecular complexity index is 1480. The quantitative estimate of drug-likeness (QED) is 0.317. The van der Waals surface area contributed by atoms with Gasteiger partial charge in [-0.2, -0.15) is 0 Å². The van der Waals surface area contributed by atoms with Crippen molar-refractivity contribution < 1.29 is 14.3 Å². The van der Waals surface area contributed by atoms with Crippen LogP contribution in [0.25, 0.3) is 16.7 Å². The van der Waals surface area contributed by atoms with E-state index < -0.39 is 11.5 Å². The fourth-order valence-electron chi connectivity index (χ4n) is 5.16. The number of ether oxygens (including phenoxy) is 2. The molecule has 0 spiro atoms. The molecule has 0 aliphatic carbocycles. The van der Waals surface area contributed by atoms with Crippen LogP contribution in [0, 0.1) is 0 Å². The van der Waals surface area contributed by atoms with E-state index in [0.717, 1.165) is 48.3 Å². The zero-order valence-corrected chi connectivity index (χ0v) is 21.4. The van der Waals surface area contributed by atoms with Gasteiger partial charge in [0.25, 0.3) is 0 Å². The molecule has 5 rings (SSSR count). The number of esters is 1. The van der Waals surface area contributed by atoms with Crippen molar-refractivity contribution in [1.82, 2.24) is 9.13 Å². The highest BCUT2D eigenvalue weighted by molar-refractivity contribution is 6.31. The topological polar surface area (TPSA) is 62.5 Å². The van der Waals surface area contributed by atoms with Gasteiger partial charge in [0.15, 0.2) is 0 Å². The smallest absolute Gasteiger partial charge is 0.337 e. The van der Waals surface area contributed by atoms with Crippen LogP contribution >= 0.6 is 11.6 Å². The summed E-state index contributed by atoms with van der Waals surface area (Å²) >= 11 is 6.38. The highest BCUT2D eigenvalue weighted by Crippen LogP contribution is 2.32. The maximum absolute atomic E-state index is 14.1. The lowest BCUT2D eigenvalue weighted by atomic mass is 9.92. The zero-order chi connectivity index (χ0) is 25.4. The van der Waals surface area contributed by atoms with Crippen molar-refractivity contribution in [3.8, 4) is 5.69 Å². The van der Waals surface area contributed by atoms with Crippen molar-refractivity contribution in [2.75, 3.05) is 20.3 Å². The Labute approximate surface area is 215 Å². The maximum atomic E-state index is 14.1. The van der Waals surface area contributed by atoms with Crippen LogP contribution in [0.4, 0.5) is 0 Å². The van der Waals surface area contributed by atoms with Gasteiger partial charge in [-0.15, -0.1) is 0 Å². The molecular formula is C29H29ClN2O4. The lowest BCUT2D eigenvalue weighted by molar-refractivity contribution is 0.0600. The van der Waals surface area contributed by atoms with Gasteiger partial charge >= 0.3 is 11.7 Å². The number of rotatable bonds is 5. The fourth-order valence-corrected chi connectivity index (χ4v) is 5.33. The molecule has 36 heavy (non-hydrogen) atoms. The van der Waals surface area contributed by atoms with Gasteiger partial charge in [-0.05, 0) is 86.2 Å². The van der Waals surface area contributed by atoms with Crippen molar-refractivity contribution in [2.24, 2.45) is 0 Å². The van der Waals surface area contributed by atoms with E-state index in [1.54, 1.807) is 33.4 Å². The molecule has 1 saturated heterocycles. The number of methoxy groups -OCH3 is 1. The summed E-state index contributed by atoms with van der Waals surface area (Å²) in [6.45, 7) is 5.50. The summed E-state index contributed by atoms with van der Waals surface area (Å²) in [5.74, 6) is 0.0557. The number of benzene rings is 3. The van der Waals surface area contributed by atoms with Crippen LogP contribution in [0.15, 0.2) is 71.5 Å². The third-order valence-corrected chi connectivity index (χ3v) is 7.43. The van der Waals surface area contributed by atoms with E-state index >= 15 is 0 Å². The van der Waals surface area contributed by atoms with Gasteiger partial charge in [0, 0.05) is 18.2 Å². The number of carbonyl (C=O) groups excluding carboxylic acids is 1. The zero-order valence-electron chi connectivity index (χ0n) is 20.7. The molecule has 0 radical (unpaired) electrons. The number of hydrogen-bond acceptors (Lipinski definition) is 4. The Morgan fingerprint density at radius 2 is 1.72 bits per heavy atom. The Kier molecular flexibility index (Phi) is 6.49. The molecule has 1 aromatic heterocycles. The summed E-state index contributed by atoms with van der Waals surface area (Å²) in [7, 11) is 1.36. The van der Waals surface area contributed by atoms with Crippen LogP contribution in [-0.2, 0) is 15.0 Å². The number of halogens is 1. The summed E-state index contributed by atoms with van der Waals surface area (Å²) in [5, 5.41) is 0.553. The van der Waals surface area contributed by atoms with Gasteiger partial charge in [-0.3, -0.25) is 9.13 Å². The van der Waals surface area contributed by atoms with Crippen LogP contribution in [0.3, 0.4) is 0 Å². The van der Waals surface area contributed by atoms with Gasteiger partial charge in [-0.25, -0.2) is 9.59 Å².